The first kappa shape index (κ1) is 14.7. The highest BCUT2D eigenvalue weighted by Gasteiger charge is 2.21. The Kier molecular flexibility index (Phi) is 5.31. The molecule has 0 bridgehead atoms. The molecule has 0 aliphatic heterocycles. The van der Waals surface area contributed by atoms with E-state index in [-0.39, 0.29) is 12.3 Å². The van der Waals surface area contributed by atoms with E-state index in [9.17, 15) is 10.1 Å². The van der Waals surface area contributed by atoms with Crippen LogP contribution in [-0.2, 0) is 6.54 Å². The van der Waals surface area contributed by atoms with Crippen LogP contribution in [-0.4, -0.2) is 29.3 Å². The number of hydrogen-bond acceptors (Lipinski definition) is 5. The molecular weight excluding hydrogens is 260 g/mol. The van der Waals surface area contributed by atoms with E-state index in [0.29, 0.717) is 31.4 Å². The van der Waals surface area contributed by atoms with Crippen LogP contribution in [0.3, 0.4) is 0 Å². The molecule has 0 spiro atoms. The smallest absolute Gasteiger partial charge is 0.270 e. The number of hydrogen-bond donors (Lipinski definition) is 2. The first-order valence-corrected chi connectivity index (χ1v) is 6.95. The zero-order valence-corrected chi connectivity index (χ0v) is 11.4. The molecule has 1 aromatic rings. The molecule has 0 radical (unpaired) electrons. The molecule has 1 aliphatic rings. The summed E-state index contributed by atoms with van der Waals surface area (Å²) < 4.78 is 5.65. The molecule has 0 atom stereocenters. The molecule has 0 heterocycles. The van der Waals surface area contributed by atoms with Crippen LogP contribution < -0.4 is 10.1 Å². The Hall–Kier alpha value is -1.66. The number of unbranched alkanes of at least 4 members (excludes halogenated alkanes) is 1. The van der Waals surface area contributed by atoms with Crippen molar-refractivity contribution in [3.05, 3.63) is 33.9 Å². The second kappa shape index (κ2) is 7.21. The number of rotatable bonds is 9. The maximum atomic E-state index is 10.8. The molecule has 0 amide bonds. The van der Waals surface area contributed by atoms with Gasteiger partial charge in [-0.1, -0.05) is 0 Å². The lowest BCUT2D eigenvalue weighted by atomic mass is 10.1. The molecular formula is C14H20N2O4. The van der Waals surface area contributed by atoms with Gasteiger partial charge in [-0.2, -0.15) is 0 Å². The van der Waals surface area contributed by atoms with E-state index in [0.717, 1.165) is 12.0 Å². The minimum Gasteiger partial charge on any atom is -0.493 e. The van der Waals surface area contributed by atoms with Crippen LogP contribution in [0.5, 0.6) is 5.75 Å². The second-order valence-corrected chi connectivity index (χ2v) is 4.98. The van der Waals surface area contributed by atoms with Crippen LogP contribution in [0.2, 0.25) is 0 Å². The van der Waals surface area contributed by atoms with Gasteiger partial charge >= 0.3 is 0 Å². The molecule has 1 aromatic carbocycles. The van der Waals surface area contributed by atoms with Crippen molar-refractivity contribution in [2.45, 2.75) is 38.3 Å². The van der Waals surface area contributed by atoms with Crippen LogP contribution in [0.25, 0.3) is 0 Å². The summed E-state index contributed by atoms with van der Waals surface area (Å²) in [4.78, 5) is 10.4. The first-order chi connectivity index (χ1) is 9.70. The SMILES string of the molecule is O=[N+]([O-])c1ccc(OCCCCO)c(CNC2CC2)c1. The molecule has 1 saturated carbocycles. The van der Waals surface area contributed by atoms with Crippen molar-refractivity contribution < 1.29 is 14.8 Å². The summed E-state index contributed by atoms with van der Waals surface area (Å²) in [6.07, 6.45) is 3.80. The minimum absolute atomic E-state index is 0.0836. The number of benzene rings is 1. The summed E-state index contributed by atoms with van der Waals surface area (Å²) in [6.45, 7) is 1.25. The van der Waals surface area contributed by atoms with E-state index in [4.69, 9.17) is 9.84 Å². The summed E-state index contributed by atoms with van der Waals surface area (Å²) in [5, 5.41) is 22.9. The van der Waals surface area contributed by atoms with Crippen molar-refractivity contribution in [2.75, 3.05) is 13.2 Å². The summed E-state index contributed by atoms with van der Waals surface area (Å²) in [5.41, 5.74) is 0.899. The molecule has 6 nitrogen and oxygen atoms in total. The van der Waals surface area contributed by atoms with Crippen molar-refractivity contribution in [3.63, 3.8) is 0 Å². The highest BCUT2D eigenvalue weighted by atomic mass is 16.6. The fourth-order valence-electron chi connectivity index (χ4n) is 1.90. The highest BCUT2D eigenvalue weighted by molar-refractivity contribution is 5.43. The van der Waals surface area contributed by atoms with Gasteiger partial charge in [0.2, 0.25) is 0 Å². The van der Waals surface area contributed by atoms with Crippen LogP contribution in [0.15, 0.2) is 18.2 Å². The molecule has 0 aromatic heterocycles. The minimum atomic E-state index is -0.393. The predicted molar refractivity (Wildman–Crippen MR) is 74.8 cm³/mol. The van der Waals surface area contributed by atoms with Gasteiger partial charge in [0.1, 0.15) is 5.75 Å². The summed E-state index contributed by atoms with van der Waals surface area (Å²) >= 11 is 0. The monoisotopic (exact) mass is 280 g/mol. The first-order valence-electron chi connectivity index (χ1n) is 6.95. The van der Waals surface area contributed by atoms with Crippen molar-refractivity contribution in [3.8, 4) is 5.75 Å². The topological polar surface area (TPSA) is 84.6 Å². The van der Waals surface area contributed by atoms with Gasteiger partial charge in [-0.3, -0.25) is 10.1 Å². The molecule has 110 valence electrons. The van der Waals surface area contributed by atoms with Gasteiger partial charge in [0.05, 0.1) is 11.5 Å². The third-order valence-electron chi connectivity index (χ3n) is 3.22. The van der Waals surface area contributed by atoms with Gasteiger partial charge in [-0.05, 0) is 31.7 Å². The van der Waals surface area contributed by atoms with Crippen molar-refractivity contribution in [1.82, 2.24) is 5.32 Å². The Balaban J connectivity index is 2.00. The van der Waals surface area contributed by atoms with Crippen LogP contribution in [0.4, 0.5) is 5.69 Å². The van der Waals surface area contributed by atoms with E-state index in [1.807, 2.05) is 0 Å². The lowest BCUT2D eigenvalue weighted by molar-refractivity contribution is -0.384. The zero-order valence-electron chi connectivity index (χ0n) is 11.4. The van der Waals surface area contributed by atoms with Gasteiger partial charge in [-0.25, -0.2) is 0 Å². The number of non-ortho nitro benzene ring substituents is 1. The molecule has 20 heavy (non-hydrogen) atoms. The molecule has 2 N–H and O–H groups in total. The average molecular weight is 280 g/mol. The average Bonchev–Trinajstić information content (AvgIpc) is 3.26. The predicted octanol–water partition coefficient (Wildman–Crippen LogP) is 2.00. The second-order valence-electron chi connectivity index (χ2n) is 4.98. The van der Waals surface area contributed by atoms with E-state index in [1.165, 1.54) is 18.9 Å². The molecule has 2 rings (SSSR count). The van der Waals surface area contributed by atoms with Gasteiger partial charge in [0, 0.05) is 36.9 Å². The number of ether oxygens (including phenoxy) is 1. The molecule has 0 unspecified atom stereocenters. The molecule has 1 fully saturated rings. The van der Waals surface area contributed by atoms with E-state index >= 15 is 0 Å². The molecule has 1 aliphatic carbocycles. The van der Waals surface area contributed by atoms with Gasteiger partial charge in [0.15, 0.2) is 0 Å². The van der Waals surface area contributed by atoms with Crippen molar-refractivity contribution in [2.24, 2.45) is 0 Å². The zero-order chi connectivity index (χ0) is 14.4. The summed E-state index contributed by atoms with van der Waals surface area (Å²) in [5.74, 6) is 0.682. The van der Waals surface area contributed by atoms with E-state index in [1.54, 1.807) is 12.1 Å². The standard InChI is InChI=1S/C14H20N2O4/c17-7-1-2-8-20-14-6-5-13(16(18)19)9-11(14)10-15-12-3-4-12/h5-6,9,12,15,17H,1-4,7-8,10H2. The van der Waals surface area contributed by atoms with Gasteiger partial charge < -0.3 is 15.2 Å². The number of nitrogens with zero attached hydrogens (tertiary/aromatic N) is 1. The molecule has 6 heteroatoms. The fraction of sp³-hybridized carbons (Fsp3) is 0.571. The Morgan fingerprint density at radius 3 is 2.85 bits per heavy atom. The Bertz CT molecular complexity index is 460. The number of nitro benzene ring substituents is 1. The number of aliphatic hydroxyl groups excluding tert-OH is 1. The van der Waals surface area contributed by atoms with E-state index in [2.05, 4.69) is 5.32 Å². The van der Waals surface area contributed by atoms with Crippen molar-refractivity contribution in [1.29, 1.82) is 0 Å². The van der Waals surface area contributed by atoms with E-state index < -0.39 is 4.92 Å². The van der Waals surface area contributed by atoms with Gasteiger partial charge in [0.25, 0.3) is 5.69 Å². The number of aliphatic hydroxyl groups is 1. The summed E-state index contributed by atoms with van der Waals surface area (Å²) in [6, 6.07) is 5.22. The number of nitrogens with one attached hydrogen (secondary N) is 1. The maximum absolute atomic E-state index is 10.8. The van der Waals surface area contributed by atoms with Crippen molar-refractivity contribution >= 4 is 5.69 Å². The van der Waals surface area contributed by atoms with Crippen LogP contribution >= 0.6 is 0 Å². The van der Waals surface area contributed by atoms with Crippen LogP contribution in [0.1, 0.15) is 31.2 Å². The molecule has 0 saturated heterocycles. The Labute approximate surface area is 117 Å². The Morgan fingerprint density at radius 1 is 1.40 bits per heavy atom. The Morgan fingerprint density at radius 2 is 2.20 bits per heavy atom. The van der Waals surface area contributed by atoms with Crippen LogP contribution in [0, 0.1) is 10.1 Å². The normalized spacial score (nSPS) is 14.2. The lowest BCUT2D eigenvalue weighted by Crippen LogP contribution is -2.16. The third kappa shape index (κ3) is 4.47. The lowest BCUT2D eigenvalue weighted by Gasteiger charge is -2.12. The summed E-state index contributed by atoms with van der Waals surface area (Å²) in [7, 11) is 0. The quantitative estimate of drug-likeness (QED) is 0.410. The highest BCUT2D eigenvalue weighted by Crippen LogP contribution is 2.26. The largest absolute Gasteiger partial charge is 0.493 e. The van der Waals surface area contributed by atoms with Gasteiger partial charge in [-0.15, -0.1) is 0 Å². The fourth-order valence-corrected chi connectivity index (χ4v) is 1.90. The maximum Gasteiger partial charge on any atom is 0.270 e. The third-order valence-corrected chi connectivity index (χ3v) is 3.22. The number of nitro groups is 1.